The fourth-order valence-electron chi connectivity index (χ4n) is 3.91. The van der Waals surface area contributed by atoms with Crippen LogP contribution in [0.1, 0.15) is 5.56 Å². The second kappa shape index (κ2) is 11.2. The van der Waals surface area contributed by atoms with Gasteiger partial charge in [-0.05, 0) is 23.8 Å². The van der Waals surface area contributed by atoms with E-state index in [1.54, 1.807) is 43.8 Å². The summed E-state index contributed by atoms with van der Waals surface area (Å²) < 4.78 is 11.9. The molecule has 1 aliphatic heterocycles. The molecule has 0 radical (unpaired) electrons. The van der Waals surface area contributed by atoms with Crippen molar-refractivity contribution >= 4 is 44.4 Å². The number of methoxy groups -OCH3 is 2. The molecule has 3 aromatic rings. The maximum absolute atomic E-state index is 12.1. The number of carbonyl (C=O) groups is 1. The molecule has 10 nitrogen and oxygen atoms in total. The number of benzene rings is 2. The molecule has 11 heteroatoms. The number of aromatic nitrogens is 1. The molecule has 35 heavy (non-hydrogen) atoms. The van der Waals surface area contributed by atoms with Gasteiger partial charge in [0.1, 0.15) is 5.52 Å². The van der Waals surface area contributed by atoms with Crippen molar-refractivity contribution in [3.05, 3.63) is 58.2 Å². The summed E-state index contributed by atoms with van der Waals surface area (Å²) in [5.74, 6) is 1.10. The van der Waals surface area contributed by atoms with E-state index in [2.05, 4.69) is 15.1 Å². The Morgan fingerprint density at radius 1 is 1.20 bits per heavy atom. The Labute approximate surface area is 206 Å². The van der Waals surface area contributed by atoms with Gasteiger partial charge in [0.15, 0.2) is 16.6 Å². The number of carbonyl (C=O) groups excluding carboxylic acids is 1. The summed E-state index contributed by atoms with van der Waals surface area (Å²) in [6.45, 7) is 4.71. The lowest BCUT2D eigenvalue weighted by atomic mass is 10.2. The SMILES string of the molecule is COc1ccc2sc(N3CCN(CCNC(=O)/C=C/c4cccc([N+](=O)[O-])c4)CC3)nc2c1OC. The first-order chi connectivity index (χ1) is 17.0. The van der Waals surface area contributed by atoms with Crippen molar-refractivity contribution in [1.82, 2.24) is 15.2 Å². The highest BCUT2D eigenvalue weighted by atomic mass is 32.1. The van der Waals surface area contributed by atoms with Gasteiger partial charge in [0, 0.05) is 57.5 Å². The maximum Gasteiger partial charge on any atom is 0.270 e. The Bertz CT molecular complexity index is 1240. The molecule has 2 aromatic carbocycles. The van der Waals surface area contributed by atoms with Gasteiger partial charge < -0.3 is 19.7 Å². The molecule has 0 atom stereocenters. The molecule has 1 saturated heterocycles. The number of thiazole rings is 1. The number of nitrogens with one attached hydrogen (secondary N) is 1. The van der Waals surface area contributed by atoms with Crippen molar-refractivity contribution in [3.8, 4) is 11.5 Å². The highest BCUT2D eigenvalue weighted by Crippen LogP contribution is 2.40. The van der Waals surface area contributed by atoms with E-state index in [1.165, 1.54) is 18.2 Å². The van der Waals surface area contributed by atoms with Crippen LogP contribution in [0.15, 0.2) is 42.5 Å². The highest BCUT2D eigenvalue weighted by molar-refractivity contribution is 7.22. The summed E-state index contributed by atoms with van der Waals surface area (Å²) in [7, 11) is 3.24. The largest absolute Gasteiger partial charge is 0.493 e. The second-order valence-electron chi connectivity index (χ2n) is 7.95. The van der Waals surface area contributed by atoms with Gasteiger partial charge in [-0.15, -0.1) is 0 Å². The summed E-state index contributed by atoms with van der Waals surface area (Å²) in [6.07, 6.45) is 2.97. The van der Waals surface area contributed by atoms with Crippen LogP contribution in [0.2, 0.25) is 0 Å². The number of nitro benzene ring substituents is 1. The first-order valence-electron chi connectivity index (χ1n) is 11.2. The van der Waals surface area contributed by atoms with Gasteiger partial charge in [-0.3, -0.25) is 19.8 Å². The number of anilines is 1. The number of fused-ring (bicyclic) bond motifs is 1. The quantitative estimate of drug-likeness (QED) is 0.273. The third kappa shape index (κ3) is 5.87. The minimum absolute atomic E-state index is 0.00332. The van der Waals surface area contributed by atoms with Gasteiger partial charge in [-0.25, -0.2) is 4.98 Å². The van der Waals surface area contributed by atoms with E-state index in [4.69, 9.17) is 14.5 Å². The molecule has 1 aromatic heterocycles. The van der Waals surface area contributed by atoms with Crippen LogP contribution < -0.4 is 19.7 Å². The van der Waals surface area contributed by atoms with Crippen molar-refractivity contribution in [2.45, 2.75) is 0 Å². The average molecular weight is 498 g/mol. The fourth-order valence-corrected chi connectivity index (χ4v) is 4.92. The topological polar surface area (TPSA) is 110 Å². The number of ether oxygens (including phenoxy) is 2. The van der Waals surface area contributed by atoms with Crippen LogP contribution in [0.5, 0.6) is 11.5 Å². The van der Waals surface area contributed by atoms with Crippen LogP contribution in [0.4, 0.5) is 10.8 Å². The first kappa shape index (κ1) is 24.4. The van der Waals surface area contributed by atoms with Crippen molar-refractivity contribution in [3.63, 3.8) is 0 Å². The molecule has 1 fully saturated rings. The standard InChI is InChI=1S/C24H27N5O5S/c1-33-19-7-8-20-22(23(19)34-2)26-24(35-20)28-14-12-27(13-15-28)11-10-25-21(30)9-6-17-4-3-5-18(16-17)29(31)32/h3-9,16H,10-15H2,1-2H3,(H,25,30)/b9-6+. The molecule has 2 heterocycles. The van der Waals surface area contributed by atoms with Crippen LogP contribution in [-0.4, -0.2) is 74.2 Å². The third-order valence-electron chi connectivity index (χ3n) is 5.77. The average Bonchev–Trinajstić information content (AvgIpc) is 3.32. The van der Waals surface area contributed by atoms with E-state index in [9.17, 15) is 14.9 Å². The second-order valence-corrected chi connectivity index (χ2v) is 8.96. The van der Waals surface area contributed by atoms with Crippen LogP contribution >= 0.6 is 11.3 Å². The van der Waals surface area contributed by atoms with E-state index < -0.39 is 4.92 Å². The maximum atomic E-state index is 12.1. The summed E-state index contributed by atoms with van der Waals surface area (Å²) >= 11 is 1.64. The van der Waals surface area contributed by atoms with E-state index in [1.807, 2.05) is 12.1 Å². The van der Waals surface area contributed by atoms with Gasteiger partial charge >= 0.3 is 0 Å². The predicted molar refractivity (Wildman–Crippen MR) is 137 cm³/mol. The molecule has 1 N–H and O–H groups in total. The molecular formula is C24H27N5O5S. The minimum Gasteiger partial charge on any atom is -0.493 e. The van der Waals surface area contributed by atoms with E-state index in [0.717, 1.165) is 48.1 Å². The molecule has 184 valence electrons. The number of nitrogens with zero attached hydrogens (tertiary/aromatic N) is 4. The van der Waals surface area contributed by atoms with Gasteiger partial charge in [0.25, 0.3) is 5.69 Å². The summed E-state index contributed by atoms with van der Waals surface area (Å²) in [5, 5.41) is 14.7. The third-order valence-corrected chi connectivity index (χ3v) is 6.85. The van der Waals surface area contributed by atoms with Crippen LogP contribution in [0, 0.1) is 10.1 Å². The zero-order valence-corrected chi connectivity index (χ0v) is 20.4. The number of non-ortho nitro benzene ring substituents is 1. The van der Waals surface area contributed by atoms with Gasteiger partial charge in [0.05, 0.1) is 23.8 Å². The smallest absolute Gasteiger partial charge is 0.270 e. The molecule has 4 rings (SSSR count). The van der Waals surface area contributed by atoms with E-state index in [0.29, 0.717) is 23.6 Å². The van der Waals surface area contributed by atoms with Crippen LogP contribution in [-0.2, 0) is 4.79 Å². The van der Waals surface area contributed by atoms with Crippen LogP contribution in [0.25, 0.3) is 16.3 Å². The number of hydrogen-bond donors (Lipinski definition) is 1. The lowest BCUT2D eigenvalue weighted by molar-refractivity contribution is -0.384. The summed E-state index contributed by atoms with van der Waals surface area (Å²) in [5.41, 5.74) is 1.42. The van der Waals surface area contributed by atoms with Crippen molar-refractivity contribution in [2.24, 2.45) is 0 Å². The number of rotatable bonds is 9. The lowest BCUT2D eigenvalue weighted by Gasteiger charge is -2.34. The summed E-state index contributed by atoms with van der Waals surface area (Å²) in [4.78, 5) is 31.9. The van der Waals surface area contributed by atoms with E-state index in [-0.39, 0.29) is 11.6 Å². The Hall–Kier alpha value is -3.70. The Morgan fingerprint density at radius 3 is 2.71 bits per heavy atom. The van der Waals surface area contributed by atoms with Gasteiger partial charge in [-0.2, -0.15) is 0 Å². The first-order valence-corrected chi connectivity index (χ1v) is 12.0. The zero-order chi connectivity index (χ0) is 24.8. The van der Waals surface area contributed by atoms with Crippen molar-refractivity contribution in [2.75, 3.05) is 58.4 Å². The highest BCUT2D eigenvalue weighted by Gasteiger charge is 2.21. The molecule has 1 aliphatic rings. The monoisotopic (exact) mass is 497 g/mol. The normalized spacial score (nSPS) is 14.4. The number of piperazine rings is 1. The number of hydrogen-bond acceptors (Lipinski definition) is 9. The van der Waals surface area contributed by atoms with Crippen molar-refractivity contribution in [1.29, 1.82) is 0 Å². The van der Waals surface area contributed by atoms with Gasteiger partial charge in [-0.1, -0.05) is 23.5 Å². The minimum atomic E-state index is -0.456. The molecule has 0 saturated carbocycles. The Kier molecular flexibility index (Phi) is 7.78. The molecule has 0 spiro atoms. The summed E-state index contributed by atoms with van der Waals surface area (Å²) in [6, 6.07) is 10.1. The van der Waals surface area contributed by atoms with Crippen LogP contribution in [0.3, 0.4) is 0 Å². The Balaban J connectivity index is 1.24. The molecular weight excluding hydrogens is 470 g/mol. The van der Waals surface area contributed by atoms with Gasteiger partial charge in [0.2, 0.25) is 5.91 Å². The molecule has 0 unspecified atom stereocenters. The van der Waals surface area contributed by atoms with E-state index >= 15 is 0 Å². The molecule has 1 amide bonds. The lowest BCUT2D eigenvalue weighted by Crippen LogP contribution is -2.48. The predicted octanol–water partition coefficient (Wildman–Crippen LogP) is 3.17. The number of amides is 1. The number of nitro groups is 1. The fraction of sp³-hybridized carbons (Fsp3) is 0.333. The molecule has 0 aliphatic carbocycles. The Morgan fingerprint density at radius 2 is 2.00 bits per heavy atom. The van der Waals surface area contributed by atoms with Crippen molar-refractivity contribution < 1.29 is 19.2 Å². The zero-order valence-electron chi connectivity index (χ0n) is 19.6. The molecule has 0 bridgehead atoms.